The smallest absolute Gasteiger partial charge is 0.223 e. The summed E-state index contributed by atoms with van der Waals surface area (Å²) in [5, 5.41) is 10.6. The molecule has 1 atom stereocenters. The monoisotopic (exact) mass is 206 g/mol. The fraction of sp³-hybridized carbons (Fsp3) is 0.455. The number of hydrogen-bond donors (Lipinski definition) is 0. The number of nitro groups is 1. The van der Waals surface area contributed by atoms with Gasteiger partial charge in [-0.3, -0.25) is 15.0 Å². The third kappa shape index (κ3) is 1.99. The molecular formula is C11H14N2O2. The summed E-state index contributed by atoms with van der Waals surface area (Å²) in [7, 11) is 1.95. The second-order valence-electron chi connectivity index (χ2n) is 3.96. The highest BCUT2D eigenvalue weighted by molar-refractivity contribution is 5.32. The Morgan fingerprint density at radius 2 is 2.27 bits per heavy atom. The highest BCUT2D eigenvalue weighted by Gasteiger charge is 2.27. The molecule has 0 unspecified atom stereocenters. The average molecular weight is 206 g/mol. The highest BCUT2D eigenvalue weighted by Crippen LogP contribution is 2.28. The van der Waals surface area contributed by atoms with Gasteiger partial charge in [0.25, 0.3) is 0 Å². The van der Waals surface area contributed by atoms with Crippen molar-refractivity contribution in [3.8, 4) is 0 Å². The minimum absolute atomic E-state index is 0.00644. The Hall–Kier alpha value is -1.42. The maximum Gasteiger partial charge on any atom is 0.223 e. The van der Waals surface area contributed by atoms with Gasteiger partial charge in [-0.2, -0.15) is 0 Å². The number of fused-ring (bicyclic) bond motifs is 1. The second-order valence-corrected chi connectivity index (χ2v) is 3.96. The Morgan fingerprint density at radius 3 is 3.00 bits per heavy atom. The van der Waals surface area contributed by atoms with Gasteiger partial charge in [-0.05, 0) is 24.6 Å². The SMILES string of the molecule is CN1CCc2ccccc2[C@@H]1C[N+](=O)[O-]. The van der Waals surface area contributed by atoms with E-state index in [9.17, 15) is 10.1 Å². The van der Waals surface area contributed by atoms with E-state index in [1.54, 1.807) is 0 Å². The van der Waals surface area contributed by atoms with Crippen LogP contribution < -0.4 is 0 Å². The number of likely N-dealkylation sites (N-methyl/N-ethyl adjacent to an activating group) is 1. The summed E-state index contributed by atoms with van der Waals surface area (Å²) in [4.78, 5) is 12.4. The minimum Gasteiger partial charge on any atom is -0.293 e. The molecule has 0 aromatic heterocycles. The van der Waals surface area contributed by atoms with E-state index in [4.69, 9.17) is 0 Å². The van der Waals surface area contributed by atoms with Gasteiger partial charge in [0.15, 0.2) is 0 Å². The van der Waals surface area contributed by atoms with Gasteiger partial charge in [0.05, 0.1) is 0 Å². The van der Waals surface area contributed by atoms with Crippen molar-refractivity contribution >= 4 is 0 Å². The van der Waals surface area contributed by atoms with Crippen molar-refractivity contribution in [3.05, 3.63) is 45.5 Å². The standard InChI is InChI=1S/C11H14N2O2/c1-12-7-6-9-4-2-3-5-10(9)11(12)8-13(14)15/h2-5,11H,6-8H2,1H3/t11-/m0/s1. The second kappa shape index (κ2) is 3.98. The number of nitrogens with zero attached hydrogens (tertiary/aromatic N) is 2. The number of hydrogen-bond acceptors (Lipinski definition) is 3. The molecule has 1 aliphatic heterocycles. The molecule has 0 fully saturated rings. The molecule has 0 aliphatic carbocycles. The zero-order valence-corrected chi connectivity index (χ0v) is 8.72. The summed E-state index contributed by atoms with van der Waals surface area (Å²) < 4.78 is 0. The first-order chi connectivity index (χ1) is 7.18. The van der Waals surface area contributed by atoms with Crippen LogP contribution in [0.25, 0.3) is 0 Å². The molecule has 4 nitrogen and oxygen atoms in total. The Bertz CT molecular complexity index is 379. The van der Waals surface area contributed by atoms with E-state index < -0.39 is 0 Å². The fourth-order valence-electron chi connectivity index (χ4n) is 2.16. The normalized spacial score (nSPS) is 21.0. The summed E-state index contributed by atoms with van der Waals surface area (Å²) in [6.45, 7) is 0.892. The van der Waals surface area contributed by atoms with Crippen molar-refractivity contribution < 1.29 is 4.92 Å². The lowest BCUT2D eigenvalue weighted by Gasteiger charge is -2.31. The molecule has 0 saturated carbocycles. The van der Waals surface area contributed by atoms with Gasteiger partial charge in [-0.25, -0.2) is 0 Å². The molecule has 2 rings (SSSR count). The van der Waals surface area contributed by atoms with E-state index in [1.807, 2.05) is 25.2 Å². The van der Waals surface area contributed by atoms with Crippen LogP contribution in [0.5, 0.6) is 0 Å². The van der Waals surface area contributed by atoms with E-state index in [1.165, 1.54) is 5.56 Å². The minimum atomic E-state index is -0.233. The lowest BCUT2D eigenvalue weighted by molar-refractivity contribution is -0.488. The molecule has 1 heterocycles. The summed E-state index contributed by atoms with van der Waals surface area (Å²) in [6, 6.07) is 7.94. The van der Waals surface area contributed by atoms with Gasteiger partial charge in [-0.1, -0.05) is 24.3 Å². The molecule has 80 valence electrons. The predicted molar refractivity (Wildman–Crippen MR) is 57.4 cm³/mol. The molecule has 0 amide bonds. The van der Waals surface area contributed by atoms with Crippen LogP contribution in [0.1, 0.15) is 17.2 Å². The fourth-order valence-corrected chi connectivity index (χ4v) is 2.16. The van der Waals surface area contributed by atoms with Crippen LogP contribution in [0, 0.1) is 10.1 Å². The Kier molecular flexibility index (Phi) is 2.68. The van der Waals surface area contributed by atoms with E-state index in [0.717, 1.165) is 18.5 Å². The van der Waals surface area contributed by atoms with Gasteiger partial charge in [-0.15, -0.1) is 0 Å². The molecule has 1 aliphatic rings. The largest absolute Gasteiger partial charge is 0.293 e. The zero-order valence-electron chi connectivity index (χ0n) is 8.72. The first-order valence-corrected chi connectivity index (χ1v) is 5.08. The zero-order chi connectivity index (χ0) is 10.8. The Balaban J connectivity index is 2.32. The van der Waals surface area contributed by atoms with Crippen molar-refractivity contribution in [3.63, 3.8) is 0 Å². The molecular weight excluding hydrogens is 192 g/mol. The van der Waals surface area contributed by atoms with Gasteiger partial charge < -0.3 is 0 Å². The van der Waals surface area contributed by atoms with Crippen molar-refractivity contribution in [1.82, 2.24) is 4.90 Å². The lowest BCUT2D eigenvalue weighted by Crippen LogP contribution is -2.36. The van der Waals surface area contributed by atoms with E-state index in [0.29, 0.717) is 0 Å². The molecule has 0 bridgehead atoms. The van der Waals surface area contributed by atoms with Crippen LogP contribution in [0.2, 0.25) is 0 Å². The molecule has 0 radical (unpaired) electrons. The van der Waals surface area contributed by atoms with E-state index >= 15 is 0 Å². The van der Waals surface area contributed by atoms with Crippen LogP contribution in [0.4, 0.5) is 0 Å². The quantitative estimate of drug-likeness (QED) is 0.544. The first kappa shape index (κ1) is 10.1. The van der Waals surface area contributed by atoms with Crippen molar-refractivity contribution in [2.75, 3.05) is 20.1 Å². The van der Waals surface area contributed by atoms with Gasteiger partial charge in [0, 0.05) is 11.5 Å². The maximum absolute atomic E-state index is 10.6. The molecule has 15 heavy (non-hydrogen) atoms. The summed E-state index contributed by atoms with van der Waals surface area (Å²) in [5.41, 5.74) is 2.37. The van der Waals surface area contributed by atoms with Crippen molar-refractivity contribution in [1.29, 1.82) is 0 Å². The van der Waals surface area contributed by atoms with Crippen LogP contribution in [0.3, 0.4) is 0 Å². The number of rotatable bonds is 2. The van der Waals surface area contributed by atoms with Gasteiger partial charge in [0.2, 0.25) is 6.54 Å². The average Bonchev–Trinajstić information content (AvgIpc) is 2.22. The summed E-state index contributed by atoms with van der Waals surface area (Å²) >= 11 is 0. The van der Waals surface area contributed by atoms with Crippen molar-refractivity contribution in [2.45, 2.75) is 12.5 Å². The molecule has 0 saturated heterocycles. The maximum atomic E-state index is 10.6. The number of benzene rings is 1. The van der Waals surface area contributed by atoms with Crippen LogP contribution in [0.15, 0.2) is 24.3 Å². The Morgan fingerprint density at radius 1 is 1.53 bits per heavy atom. The molecule has 0 N–H and O–H groups in total. The lowest BCUT2D eigenvalue weighted by atomic mass is 9.93. The van der Waals surface area contributed by atoms with Crippen LogP contribution in [-0.4, -0.2) is 30.0 Å². The van der Waals surface area contributed by atoms with Crippen LogP contribution in [-0.2, 0) is 6.42 Å². The molecule has 1 aromatic carbocycles. The first-order valence-electron chi connectivity index (χ1n) is 5.08. The topological polar surface area (TPSA) is 46.4 Å². The van der Waals surface area contributed by atoms with E-state index in [2.05, 4.69) is 11.0 Å². The molecule has 1 aromatic rings. The summed E-state index contributed by atoms with van der Waals surface area (Å²) in [6.07, 6.45) is 0.987. The third-order valence-corrected chi connectivity index (χ3v) is 3.00. The third-order valence-electron chi connectivity index (χ3n) is 3.00. The van der Waals surface area contributed by atoms with Gasteiger partial charge in [0.1, 0.15) is 6.04 Å². The predicted octanol–water partition coefficient (Wildman–Crippen LogP) is 1.49. The summed E-state index contributed by atoms with van der Waals surface area (Å²) in [5.74, 6) is 0. The Labute approximate surface area is 88.7 Å². The molecule has 0 spiro atoms. The van der Waals surface area contributed by atoms with Crippen molar-refractivity contribution in [2.24, 2.45) is 0 Å². The highest BCUT2D eigenvalue weighted by atomic mass is 16.6. The van der Waals surface area contributed by atoms with Crippen LogP contribution >= 0.6 is 0 Å². The molecule has 4 heteroatoms. The van der Waals surface area contributed by atoms with Gasteiger partial charge >= 0.3 is 0 Å². The van der Waals surface area contributed by atoms with E-state index in [-0.39, 0.29) is 17.5 Å².